The molecule has 0 bridgehead atoms. The second kappa shape index (κ2) is 5.88. The summed E-state index contributed by atoms with van der Waals surface area (Å²) in [5.41, 5.74) is 1.53. The molecule has 1 aromatic carbocycles. The molecule has 0 amide bonds. The Morgan fingerprint density at radius 3 is 2.40 bits per heavy atom. The maximum Gasteiger partial charge on any atom is 0.123 e. The molecule has 2 nitrogen and oxygen atoms in total. The van der Waals surface area contributed by atoms with Crippen molar-refractivity contribution in [2.45, 2.75) is 45.4 Å². The first-order valence-corrected chi connectivity index (χ1v) is 7.96. The summed E-state index contributed by atoms with van der Waals surface area (Å²) in [5, 5.41) is 0. The molecular weight excluding hydrogens is 268 g/mol. The van der Waals surface area contributed by atoms with Gasteiger partial charge in [0.1, 0.15) is 11.5 Å². The molecule has 0 spiro atoms. The zero-order chi connectivity index (χ0) is 14.8. The molecule has 1 aliphatic carbocycles. The zero-order valence-electron chi connectivity index (χ0n) is 13.0. The molecule has 0 heterocycles. The molecule has 0 aromatic heterocycles. The lowest BCUT2D eigenvalue weighted by Crippen LogP contribution is -2.37. The van der Waals surface area contributed by atoms with Crippen LogP contribution < -0.4 is 9.47 Å². The summed E-state index contributed by atoms with van der Waals surface area (Å²) in [7, 11) is 1.70. The molecule has 0 saturated heterocycles. The van der Waals surface area contributed by atoms with Crippen LogP contribution in [0.3, 0.4) is 0 Å². The number of benzene rings is 1. The minimum Gasteiger partial charge on any atom is -0.497 e. The van der Waals surface area contributed by atoms with E-state index in [1.165, 1.54) is 24.8 Å². The molecule has 2 rings (SSSR count). The topological polar surface area (TPSA) is 18.5 Å². The minimum atomic E-state index is 0.0393. The standard InChI is InChI=1S/C17H26O2S/c1-16(2,3)14-10-13(18-4)6-7-15(14)19-11-17(12-20)8-5-9-17/h6-7,10,20H,5,8-9,11-12H2,1-4H3. The Kier molecular flexibility index (Phi) is 4.58. The number of rotatable bonds is 5. The summed E-state index contributed by atoms with van der Waals surface area (Å²) < 4.78 is 11.5. The predicted molar refractivity (Wildman–Crippen MR) is 87.3 cm³/mol. The normalized spacial score (nSPS) is 17.4. The smallest absolute Gasteiger partial charge is 0.123 e. The Hall–Kier alpha value is -0.830. The molecule has 3 heteroatoms. The lowest BCUT2D eigenvalue weighted by Gasteiger charge is -2.40. The fourth-order valence-electron chi connectivity index (χ4n) is 2.60. The first-order valence-electron chi connectivity index (χ1n) is 7.32. The van der Waals surface area contributed by atoms with Gasteiger partial charge in [-0.25, -0.2) is 0 Å². The number of ether oxygens (including phenoxy) is 2. The van der Waals surface area contributed by atoms with Gasteiger partial charge in [-0.3, -0.25) is 0 Å². The maximum absolute atomic E-state index is 6.16. The second-order valence-corrected chi connectivity index (χ2v) is 7.23. The average molecular weight is 294 g/mol. The molecule has 0 N–H and O–H groups in total. The monoisotopic (exact) mass is 294 g/mol. The van der Waals surface area contributed by atoms with Gasteiger partial charge < -0.3 is 9.47 Å². The molecule has 1 aromatic rings. The Balaban J connectivity index is 2.18. The van der Waals surface area contributed by atoms with E-state index in [0.29, 0.717) is 0 Å². The van der Waals surface area contributed by atoms with Crippen molar-refractivity contribution in [3.05, 3.63) is 23.8 Å². The van der Waals surface area contributed by atoms with Crippen LogP contribution in [0.4, 0.5) is 0 Å². The molecule has 0 unspecified atom stereocenters. The van der Waals surface area contributed by atoms with Crippen molar-refractivity contribution in [1.82, 2.24) is 0 Å². The SMILES string of the molecule is COc1ccc(OCC2(CS)CCC2)c(C(C)(C)C)c1. The van der Waals surface area contributed by atoms with E-state index in [1.807, 2.05) is 12.1 Å². The van der Waals surface area contributed by atoms with Crippen LogP contribution in [0, 0.1) is 5.41 Å². The molecule has 112 valence electrons. The largest absolute Gasteiger partial charge is 0.497 e. The highest BCUT2D eigenvalue weighted by Gasteiger charge is 2.36. The van der Waals surface area contributed by atoms with Crippen molar-refractivity contribution in [1.29, 1.82) is 0 Å². The van der Waals surface area contributed by atoms with Gasteiger partial charge in [-0.15, -0.1) is 0 Å². The van der Waals surface area contributed by atoms with Crippen molar-refractivity contribution >= 4 is 12.6 Å². The highest BCUT2D eigenvalue weighted by atomic mass is 32.1. The maximum atomic E-state index is 6.16. The first-order chi connectivity index (χ1) is 9.40. The summed E-state index contributed by atoms with van der Waals surface area (Å²) >= 11 is 4.49. The van der Waals surface area contributed by atoms with Crippen LogP contribution >= 0.6 is 12.6 Å². The van der Waals surface area contributed by atoms with E-state index in [0.717, 1.165) is 23.9 Å². The van der Waals surface area contributed by atoms with Crippen molar-refractivity contribution < 1.29 is 9.47 Å². The Bertz CT molecular complexity index is 453. The molecule has 0 radical (unpaired) electrons. The summed E-state index contributed by atoms with van der Waals surface area (Å²) in [6.45, 7) is 7.37. The van der Waals surface area contributed by atoms with E-state index in [1.54, 1.807) is 7.11 Å². The number of hydrogen-bond donors (Lipinski definition) is 1. The van der Waals surface area contributed by atoms with Gasteiger partial charge in [-0.1, -0.05) is 27.2 Å². The summed E-state index contributed by atoms with van der Waals surface area (Å²) in [6, 6.07) is 6.09. The lowest BCUT2D eigenvalue weighted by atomic mass is 9.71. The number of hydrogen-bond acceptors (Lipinski definition) is 3. The summed E-state index contributed by atoms with van der Waals surface area (Å²) in [5.74, 6) is 2.77. The van der Waals surface area contributed by atoms with Crippen molar-refractivity contribution in [3.63, 3.8) is 0 Å². The van der Waals surface area contributed by atoms with Crippen LogP contribution in [0.15, 0.2) is 18.2 Å². The molecule has 0 aliphatic heterocycles. The Morgan fingerprint density at radius 1 is 1.25 bits per heavy atom. The van der Waals surface area contributed by atoms with Gasteiger partial charge >= 0.3 is 0 Å². The van der Waals surface area contributed by atoms with Gasteiger partial charge in [0.15, 0.2) is 0 Å². The van der Waals surface area contributed by atoms with Crippen molar-refractivity contribution in [2.75, 3.05) is 19.5 Å². The zero-order valence-corrected chi connectivity index (χ0v) is 13.9. The fraction of sp³-hybridized carbons (Fsp3) is 0.647. The highest BCUT2D eigenvalue weighted by Crippen LogP contribution is 2.43. The van der Waals surface area contributed by atoms with Gasteiger partial charge in [0.25, 0.3) is 0 Å². The Labute approximate surface area is 128 Å². The van der Waals surface area contributed by atoms with Crippen LogP contribution in [0.1, 0.15) is 45.6 Å². The number of methoxy groups -OCH3 is 1. The van der Waals surface area contributed by atoms with Crippen LogP contribution in [0.25, 0.3) is 0 Å². The van der Waals surface area contributed by atoms with Crippen molar-refractivity contribution in [3.8, 4) is 11.5 Å². The van der Waals surface area contributed by atoms with E-state index in [4.69, 9.17) is 9.47 Å². The number of thiol groups is 1. The van der Waals surface area contributed by atoms with Gasteiger partial charge in [-0.2, -0.15) is 12.6 Å². The van der Waals surface area contributed by atoms with Crippen LogP contribution in [-0.4, -0.2) is 19.5 Å². The fourth-order valence-corrected chi connectivity index (χ4v) is 3.01. The lowest BCUT2D eigenvalue weighted by molar-refractivity contribution is 0.0817. The third-order valence-corrected chi connectivity index (χ3v) is 4.95. The highest BCUT2D eigenvalue weighted by molar-refractivity contribution is 7.80. The van der Waals surface area contributed by atoms with E-state index in [-0.39, 0.29) is 10.8 Å². The van der Waals surface area contributed by atoms with Gasteiger partial charge in [0.2, 0.25) is 0 Å². The van der Waals surface area contributed by atoms with Crippen LogP contribution in [0.5, 0.6) is 11.5 Å². The molecule has 1 fully saturated rings. The average Bonchev–Trinajstić information content (AvgIpc) is 2.37. The first kappa shape index (κ1) is 15.6. The third-order valence-electron chi connectivity index (χ3n) is 4.28. The molecule has 0 atom stereocenters. The van der Waals surface area contributed by atoms with E-state index < -0.39 is 0 Å². The minimum absolute atomic E-state index is 0.0393. The van der Waals surface area contributed by atoms with Crippen molar-refractivity contribution in [2.24, 2.45) is 5.41 Å². The van der Waals surface area contributed by atoms with E-state index in [9.17, 15) is 0 Å². The Morgan fingerprint density at radius 2 is 1.95 bits per heavy atom. The molecule has 1 aliphatic rings. The van der Waals surface area contributed by atoms with E-state index >= 15 is 0 Å². The van der Waals surface area contributed by atoms with Gasteiger partial charge in [0, 0.05) is 11.0 Å². The summed E-state index contributed by atoms with van der Waals surface area (Å²) in [6.07, 6.45) is 3.77. The molecular formula is C17H26O2S. The van der Waals surface area contributed by atoms with Gasteiger partial charge in [0.05, 0.1) is 13.7 Å². The second-order valence-electron chi connectivity index (χ2n) is 6.91. The molecule has 20 heavy (non-hydrogen) atoms. The quantitative estimate of drug-likeness (QED) is 0.808. The van der Waals surface area contributed by atoms with E-state index in [2.05, 4.69) is 39.5 Å². The van der Waals surface area contributed by atoms with Crippen LogP contribution in [0.2, 0.25) is 0 Å². The third kappa shape index (κ3) is 3.25. The predicted octanol–water partition coefficient (Wildman–Crippen LogP) is 4.47. The molecule has 1 saturated carbocycles. The van der Waals surface area contributed by atoms with Crippen LogP contribution in [-0.2, 0) is 5.41 Å². The summed E-state index contributed by atoms with van der Waals surface area (Å²) in [4.78, 5) is 0. The van der Waals surface area contributed by atoms with Gasteiger partial charge in [-0.05, 0) is 42.2 Å².